The molecule has 0 aromatic heterocycles. The fourth-order valence-corrected chi connectivity index (χ4v) is 6.40. The first-order valence-corrected chi connectivity index (χ1v) is 13.5. The molecule has 3 aromatic rings. The molecule has 0 unspecified atom stereocenters. The third-order valence-corrected chi connectivity index (χ3v) is 8.63. The van der Waals surface area contributed by atoms with E-state index in [1.54, 1.807) is 31.2 Å². The molecule has 3 atom stereocenters. The number of aliphatic hydroxyl groups excluding tert-OH is 1. The molecule has 1 N–H and O–H groups in total. The molecule has 8 heteroatoms. The molecule has 1 heterocycles. The number of rotatable bonds is 7. The molecule has 0 saturated carbocycles. The van der Waals surface area contributed by atoms with Crippen molar-refractivity contribution in [3.05, 3.63) is 84.2 Å². The summed E-state index contributed by atoms with van der Waals surface area (Å²) in [5, 5.41) is 9.83. The van der Waals surface area contributed by atoms with E-state index in [4.69, 9.17) is 4.74 Å². The first-order chi connectivity index (χ1) is 17.2. The lowest BCUT2D eigenvalue weighted by Crippen LogP contribution is -2.49. The molecule has 0 aliphatic carbocycles. The summed E-state index contributed by atoms with van der Waals surface area (Å²) in [5.41, 5.74) is 2.66. The molecule has 1 aliphatic rings. The number of benzene rings is 3. The zero-order valence-electron chi connectivity index (χ0n) is 20.8. The molecular formula is C28H33FN2O4S. The highest BCUT2D eigenvalue weighted by Crippen LogP contribution is 2.36. The zero-order chi connectivity index (χ0) is 25.9. The highest BCUT2D eigenvalue weighted by Gasteiger charge is 2.38. The molecule has 0 spiro atoms. The number of ether oxygens (including phenoxy) is 1. The maximum atomic E-state index is 13.7. The maximum absolute atomic E-state index is 13.7. The van der Waals surface area contributed by atoms with E-state index in [1.807, 2.05) is 55.3 Å². The average Bonchev–Trinajstić information content (AvgIpc) is 2.86. The number of hydrogen-bond donors (Lipinski definition) is 1. The van der Waals surface area contributed by atoms with Gasteiger partial charge in [0.25, 0.3) is 0 Å². The summed E-state index contributed by atoms with van der Waals surface area (Å²) in [7, 11) is -1.96. The van der Waals surface area contributed by atoms with Crippen molar-refractivity contribution in [3.8, 4) is 16.9 Å². The molecule has 1 aliphatic heterocycles. The molecule has 36 heavy (non-hydrogen) atoms. The van der Waals surface area contributed by atoms with Gasteiger partial charge in [-0.15, -0.1) is 0 Å². The predicted octanol–water partition coefficient (Wildman–Crippen LogP) is 4.39. The SMILES string of the molecule is C[C@H]1CN([C@@H](C)CO)S(=O)(=O)c2ccc(-c3ccccc3)cc2O[C@@H]1CN(C)Cc1cccc(F)c1. The van der Waals surface area contributed by atoms with Crippen molar-refractivity contribution in [1.29, 1.82) is 0 Å². The monoisotopic (exact) mass is 512 g/mol. The number of nitrogens with zero attached hydrogens (tertiary/aromatic N) is 2. The largest absolute Gasteiger partial charge is 0.487 e. The van der Waals surface area contributed by atoms with Crippen LogP contribution >= 0.6 is 0 Å². The van der Waals surface area contributed by atoms with Gasteiger partial charge in [0.05, 0.1) is 6.61 Å². The molecule has 0 fully saturated rings. The Morgan fingerprint density at radius 2 is 1.83 bits per heavy atom. The average molecular weight is 513 g/mol. The molecular weight excluding hydrogens is 479 g/mol. The van der Waals surface area contributed by atoms with Gasteiger partial charge in [0.1, 0.15) is 22.6 Å². The van der Waals surface area contributed by atoms with Crippen molar-refractivity contribution in [3.63, 3.8) is 0 Å². The molecule has 192 valence electrons. The summed E-state index contributed by atoms with van der Waals surface area (Å²) in [5.74, 6) is -0.155. The Morgan fingerprint density at radius 3 is 2.53 bits per heavy atom. The molecule has 0 radical (unpaired) electrons. The quantitative estimate of drug-likeness (QED) is 0.508. The number of aliphatic hydroxyl groups is 1. The number of halogens is 1. The summed E-state index contributed by atoms with van der Waals surface area (Å²) in [4.78, 5) is 2.14. The fraction of sp³-hybridized carbons (Fsp3) is 0.357. The molecule has 0 saturated heterocycles. The number of hydrogen-bond acceptors (Lipinski definition) is 5. The van der Waals surface area contributed by atoms with E-state index in [1.165, 1.54) is 16.4 Å². The van der Waals surface area contributed by atoms with E-state index >= 15 is 0 Å². The Hall–Kier alpha value is -2.78. The van der Waals surface area contributed by atoms with Gasteiger partial charge in [0.15, 0.2) is 0 Å². The summed E-state index contributed by atoms with van der Waals surface area (Å²) < 4.78 is 48.8. The van der Waals surface area contributed by atoms with Gasteiger partial charge < -0.3 is 9.84 Å². The second-order valence-electron chi connectivity index (χ2n) is 9.59. The van der Waals surface area contributed by atoms with Crippen molar-refractivity contribution in [2.45, 2.75) is 37.4 Å². The van der Waals surface area contributed by atoms with Crippen LogP contribution in [0, 0.1) is 11.7 Å². The first-order valence-electron chi connectivity index (χ1n) is 12.1. The summed E-state index contributed by atoms with van der Waals surface area (Å²) in [6.07, 6.45) is -0.336. The summed E-state index contributed by atoms with van der Waals surface area (Å²) >= 11 is 0. The number of fused-ring (bicyclic) bond motifs is 1. The number of sulfonamides is 1. The highest BCUT2D eigenvalue weighted by atomic mass is 32.2. The minimum absolute atomic E-state index is 0.0900. The fourth-order valence-electron chi connectivity index (χ4n) is 4.57. The second kappa shape index (κ2) is 11.1. The van der Waals surface area contributed by atoms with E-state index in [-0.39, 0.29) is 35.9 Å². The molecule has 4 rings (SSSR count). The van der Waals surface area contributed by atoms with Gasteiger partial charge in [-0.2, -0.15) is 4.31 Å². The van der Waals surface area contributed by atoms with Crippen molar-refractivity contribution in [2.24, 2.45) is 5.92 Å². The van der Waals surface area contributed by atoms with Crippen LogP contribution in [0.2, 0.25) is 0 Å². The molecule has 0 amide bonds. The third-order valence-electron chi connectivity index (χ3n) is 6.61. The van der Waals surface area contributed by atoms with E-state index in [9.17, 15) is 17.9 Å². The van der Waals surface area contributed by atoms with Crippen LogP contribution in [0.1, 0.15) is 19.4 Å². The van der Waals surface area contributed by atoms with E-state index in [0.29, 0.717) is 18.8 Å². The van der Waals surface area contributed by atoms with Crippen LogP contribution < -0.4 is 4.74 Å². The van der Waals surface area contributed by atoms with Crippen molar-refractivity contribution < 1.29 is 22.7 Å². The Labute approximate surface area is 213 Å². The normalized spacial score (nSPS) is 20.7. The maximum Gasteiger partial charge on any atom is 0.247 e. The Bertz CT molecular complexity index is 1290. The van der Waals surface area contributed by atoms with E-state index < -0.39 is 16.1 Å². The van der Waals surface area contributed by atoms with Crippen molar-refractivity contribution in [1.82, 2.24) is 9.21 Å². The molecule has 3 aromatic carbocycles. The molecule has 0 bridgehead atoms. The van der Waals surface area contributed by atoms with Gasteiger partial charge in [-0.05, 0) is 54.9 Å². The van der Waals surface area contributed by atoms with Crippen LogP contribution in [0.5, 0.6) is 5.75 Å². The number of likely N-dealkylation sites (N-methyl/N-ethyl adjacent to an activating group) is 1. The topological polar surface area (TPSA) is 70.1 Å². The van der Waals surface area contributed by atoms with Crippen LogP contribution in [-0.4, -0.2) is 61.6 Å². The minimum Gasteiger partial charge on any atom is -0.487 e. The van der Waals surface area contributed by atoms with Crippen molar-refractivity contribution >= 4 is 10.0 Å². The standard InChI is InChI=1S/C28H33FN2O4S/c1-20-16-31(21(2)19-32)36(33,34)28-13-12-24(23-9-5-4-6-10-23)15-26(28)35-27(20)18-30(3)17-22-8-7-11-25(29)14-22/h4-15,20-21,27,32H,16-19H2,1-3H3/t20-,21-,27+/m0/s1. The van der Waals surface area contributed by atoms with Gasteiger partial charge in [0.2, 0.25) is 10.0 Å². The minimum atomic E-state index is -3.90. The van der Waals surface area contributed by atoms with Crippen molar-refractivity contribution in [2.75, 3.05) is 26.7 Å². The second-order valence-corrected chi connectivity index (χ2v) is 11.5. The first kappa shape index (κ1) is 26.3. The molecule has 6 nitrogen and oxygen atoms in total. The summed E-state index contributed by atoms with van der Waals surface area (Å²) in [6.45, 7) is 4.62. The third kappa shape index (κ3) is 5.78. The Morgan fingerprint density at radius 1 is 1.08 bits per heavy atom. The van der Waals surface area contributed by atoms with Crippen LogP contribution in [-0.2, 0) is 16.6 Å². The zero-order valence-corrected chi connectivity index (χ0v) is 21.7. The highest BCUT2D eigenvalue weighted by molar-refractivity contribution is 7.89. The van der Waals surface area contributed by atoms with Gasteiger partial charge in [-0.3, -0.25) is 4.90 Å². The summed E-state index contributed by atoms with van der Waals surface area (Å²) in [6, 6.07) is 20.8. The van der Waals surface area contributed by atoms with E-state index in [2.05, 4.69) is 0 Å². The lowest BCUT2D eigenvalue weighted by Gasteiger charge is -2.37. The van der Waals surface area contributed by atoms with Gasteiger partial charge in [-0.25, -0.2) is 12.8 Å². The van der Waals surface area contributed by atoms with E-state index in [0.717, 1.165) is 16.7 Å². The Kier molecular flexibility index (Phi) is 8.10. The van der Waals surface area contributed by atoms with Gasteiger partial charge >= 0.3 is 0 Å². The van der Waals surface area contributed by atoms with Gasteiger partial charge in [0, 0.05) is 31.6 Å². The predicted molar refractivity (Wildman–Crippen MR) is 139 cm³/mol. The smallest absolute Gasteiger partial charge is 0.247 e. The van der Waals surface area contributed by atoms with Crippen LogP contribution in [0.4, 0.5) is 4.39 Å². The van der Waals surface area contributed by atoms with Crippen LogP contribution in [0.15, 0.2) is 77.7 Å². The lowest BCUT2D eigenvalue weighted by atomic mass is 10.0. The lowest BCUT2D eigenvalue weighted by molar-refractivity contribution is 0.0734. The van der Waals surface area contributed by atoms with Gasteiger partial charge in [-0.1, -0.05) is 55.5 Å². The van der Waals surface area contributed by atoms with Crippen LogP contribution in [0.25, 0.3) is 11.1 Å². The van der Waals surface area contributed by atoms with Crippen LogP contribution in [0.3, 0.4) is 0 Å². The Balaban J connectivity index is 1.71.